The fourth-order valence-electron chi connectivity index (χ4n) is 2.19. The van der Waals surface area contributed by atoms with Crippen molar-refractivity contribution in [3.05, 3.63) is 72.1 Å². The molecule has 0 saturated carbocycles. The second-order valence-corrected chi connectivity index (χ2v) is 5.79. The lowest BCUT2D eigenvalue weighted by Crippen LogP contribution is -2.23. The molecule has 4 nitrogen and oxygen atoms in total. The van der Waals surface area contributed by atoms with E-state index in [-0.39, 0.29) is 17.0 Å². The van der Waals surface area contributed by atoms with E-state index < -0.39 is 6.36 Å². The van der Waals surface area contributed by atoms with E-state index in [0.29, 0.717) is 11.5 Å². The monoisotopic (exact) mass is 383 g/mol. The van der Waals surface area contributed by atoms with Crippen LogP contribution in [-0.4, -0.2) is 11.5 Å². The molecule has 2 rings (SSSR count). The SMILES string of the molecule is CC(NC(=CC(=N)Cl)Nc1ccc(OC(F)(F)F)cc1)c1ccccc1. The van der Waals surface area contributed by atoms with Gasteiger partial charge < -0.3 is 15.4 Å². The molecule has 0 amide bonds. The topological polar surface area (TPSA) is 57.1 Å². The predicted molar refractivity (Wildman–Crippen MR) is 96.4 cm³/mol. The maximum Gasteiger partial charge on any atom is 0.573 e. The van der Waals surface area contributed by atoms with Crippen LogP contribution in [0.5, 0.6) is 5.75 Å². The Morgan fingerprint density at radius 1 is 1.12 bits per heavy atom. The molecule has 2 aromatic rings. The van der Waals surface area contributed by atoms with Gasteiger partial charge >= 0.3 is 6.36 Å². The van der Waals surface area contributed by atoms with Crippen LogP contribution in [0.1, 0.15) is 18.5 Å². The summed E-state index contributed by atoms with van der Waals surface area (Å²) in [7, 11) is 0. The van der Waals surface area contributed by atoms with Crippen LogP contribution in [0.4, 0.5) is 18.9 Å². The number of allylic oxidation sites excluding steroid dienone is 1. The third-order valence-electron chi connectivity index (χ3n) is 3.31. The minimum Gasteiger partial charge on any atom is -0.406 e. The zero-order valence-electron chi connectivity index (χ0n) is 13.8. The van der Waals surface area contributed by atoms with Crippen LogP contribution in [-0.2, 0) is 0 Å². The normalized spacial score (nSPS) is 13.0. The summed E-state index contributed by atoms with van der Waals surface area (Å²) in [6, 6.07) is 14.8. The maximum atomic E-state index is 12.2. The molecule has 26 heavy (non-hydrogen) atoms. The molecule has 0 aliphatic rings. The second-order valence-electron chi connectivity index (χ2n) is 5.38. The summed E-state index contributed by atoms with van der Waals surface area (Å²) in [5.41, 5.74) is 1.53. The van der Waals surface area contributed by atoms with E-state index in [4.69, 9.17) is 17.0 Å². The first-order valence-electron chi connectivity index (χ1n) is 7.63. The van der Waals surface area contributed by atoms with E-state index in [1.165, 1.54) is 30.3 Å². The Morgan fingerprint density at radius 3 is 2.27 bits per heavy atom. The number of anilines is 1. The Hall–Kier alpha value is -2.67. The molecule has 3 N–H and O–H groups in total. The summed E-state index contributed by atoms with van der Waals surface area (Å²) >= 11 is 5.65. The molecular formula is C18H17ClF3N3O. The van der Waals surface area contributed by atoms with E-state index in [2.05, 4.69) is 15.4 Å². The second kappa shape index (κ2) is 8.62. The summed E-state index contributed by atoms with van der Waals surface area (Å²) in [6.07, 6.45) is -3.36. The largest absolute Gasteiger partial charge is 0.573 e. The van der Waals surface area contributed by atoms with E-state index in [0.717, 1.165) is 5.56 Å². The standard InChI is InChI=1S/C18H17ClF3N3O/c1-12(13-5-3-2-4-6-13)24-17(11-16(19)23)25-14-7-9-15(10-8-14)26-18(20,21)22/h2-12,23-25H,1H3. The lowest BCUT2D eigenvalue weighted by molar-refractivity contribution is -0.274. The number of nitrogens with one attached hydrogen (secondary N) is 3. The van der Waals surface area contributed by atoms with Gasteiger partial charge in [0.2, 0.25) is 0 Å². The van der Waals surface area contributed by atoms with Gasteiger partial charge in [-0.05, 0) is 36.8 Å². The highest BCUT2D eigenvalue weighted by Gasteiger charge is 2.30. The van der Waals surface area contributed by atoms with Crippen LogP contribution >= 0.6 is 11.6 Å². The van der Waals surface area contributed by atoms with Crippen molar-refractivity contribution in [1.29, 1.82) is 5.41 Å². The molecule has 0 heterocycles. The average molecular weight is 384 g/mol. The lowest BCUT2D eigenvalue weighted by atomic mass is 10.1. The molecular weight excluding hydrogens is 367 g/mol. The van der Waals surface area contributed by atoms with Gasteiger partial charge in [-0.15, -0.1) is 13.2 Å². The third kappa shape index (κ3) is 6.68. The third-order valence-corrected chi connectivity index (χ3v) is 3.42. The maximum absolute atomic E-state index is 12.2. The van der Waals surface area contributed by atoms with Crippen molar-refractivity contribution in [3.63, 3.8) is 0 Å². The van der Waals surface area contributed by atoms with Gasteiger partial charge in [0.1, 0.15) is 16.7 Å². The van der Waals surface area contributed by atoms with Crippen LogP contribution in [0.2, 0.25) is 0 Å². The Kier molecular flexibility index (Phi) is 6.52. The first-order valence-corrected chi connectivity index (χ1v) is 8.01. The molecule has 0 fully saturated rings. The summed E-state index contributed by atoms with van der Waals surface area (Å²) in [6.45, 7) is 1.93. The predicted octanol–water partition coefficient (Wildman–Crippen LogP) is 5.41. The summed E-state index contributed by atoms with van der Waals surface area (Å²) in [4.78, 5) is 0. The van der Waals surface area contributed by atoms with E-state index in [1.54, 1.807) is 0 Å². The number of halogens is 4. The first-order chi connectivity index (χ1) is 12.2. The highest BCUT2D eigenvalue weighted by Crippen LogP contribution is 2.24. The molecule has 0 spiro atoms. The Bertz CT molecular complexity index is 762. The van der Waals surface area contributed by atoms with Gasteiger partial charge in [0, 0.05) is 17.8 Å². The van der Waals surface area contributed by atoms with Gasteiger partial charge in [0.05, 0.1) is 0 Å². The van der Waals surface area contributed by atoms with Crippen molar-refractivity contribution in [2.45, 2.75) is 19.3 Å². The molecule has 8 heteroatoms. The van der Waals surface area contributed by atoms with Crippen LogP contribution in [0.3, 0.4) is 0 Å². The van der Waals surface area contributed by atoms with Gasteiger partial charge in [-0.25, -0.2) is 0 Å². The van der Waals surface area contributed by atoms with Crippen LogP contribution < -0.4 is 15.4 Å². The van der Waals surface area contributed by atoms with Gasteiger partial charge in [-0.1, -0.05) is 41.9 Å². The fourth-order valence-corrected chi connectivity index (χ4v) is 2.30. The Morgan fingerprint density at radius 2 is 1.73 bits per heavy atom. The van der Waals surface area contributed by atoms with Gasteiger partial charge in [-0.2, -0.15) is 0 Å². The number of rotatable bonds is 7. The van der Waals surface area contributed by atoms with Crippen LogP contribution in [0, 0.1) is 5.41 Å². The lowest BCUT2D eigenvalue weighted by Gasteiger charge is -2.20. The zero-order valence-corrected chi connectivity index (χ0v) is 14.5. The number of hydrogen-bond acceptors (Lipinski definition) is 4. The average Bonchev–Trinajstić information content (AvgIpc) is 2.55. The van der Waals surface area contributed by atoms with Crippen molar-refractivity contribution >= 4 is 22.5 Å². The number of hydrogen-bond donors (Lipinski definition) is 3. The summed E-state index contributed by atoms with van der Waals surface area (Å²) < 4.78 is 40.4. The molecule has 138 valence electrons. The molecule has 1 unspecified atom stereocenters. The van der Waals surface area contributed by atoms with E-state index in [9.17, 15) is 13.2 Å². The number of ether oxygens (including phenoxy) is 1. The minimum atomic E-state index is -4.74. The molecule has 0 bridgehead atoms. The quantitative estimate of drug-likeness (QED) is 0.561. The highest BCUT2D eigenvalue weighted by atomic mass is 35.5. The first kappa shape index (κ1) is 19.7. The van der Waals surface area contributed by atoms with E-state index in [1.807, 2.05) is 37.3 Å². The van der Waals surface area contributed by atoms with Gasteiger partial charge in [0.15, 0.2) is 0 Å². The number of benzene rings is 2. The Labute approximate surface area is 154 Å². The number of alkyl halides is 3. The molecule has 0 radical (unpaired) electrons. The minimum absolute atomic E-state index is 0.0844. The summed E-state index contributed by atoms with van der Waals surface area (Å²) in [5.74, 6) is 0.120. The summed E-state index contributed by atoms with van der Waals surface area (Å²) in [5, 5.41) is 13.4. The molecule has 2 aromatic carbocycles. The van der Waals surface area contributed by atoms with Crippen molar-refractivity contribution in [2.75, 3.05) is 5.32 Å². The van der Waals surface area contributed by atoms with Crippen molar-refractivity contribution < 1.29 is 17.9 Å². The van der Waals surface area contributed by atoms with Crippen LogP contribution in [0.15, 0.2) is 66.5 Å². The van der Waals surface area contributed by atoms with Gasteiger partial charge in [0.25, 0.3) is 0 Å². The molecule has 0 saturated heterocycles. The van der Waals surface area contributed by atoms with Crippen molar-refractivity contribution in [2.24, 2.45) is 0 Å². The highest BCUT2D eigenvalue weighted by molar-refractivity contribution is 6.67. The molecule has 0 aliphatic heterocycles. The zero-order chi connectivity index (χ0) is 19.2. The molecule has 1 atom stereocenters. The van der Waals surface area contributed by atoms with Crippen molar-refractivity contribution in [3.8, 4) is 5.75 Å². The van der Waals surface area contributed by atoms with Crippen LogP contribution in [0.25, 0.3) is 0 Å². The Balaban J connectivity index is 2.09. The molecule has 0 aromatic heterocycles. The van der Waals surface area contributed by atoms with Gasteiger partial charge in [-0.3, -0.25) is 5.41 Å². The molecule has 0 aliphatic carbocycles. The van der Waals surface area contributed by atoms with E-state index >= 15 is 0 Å². The van der Waals surface area contributed by atoms with Crippen molar-refractivity contribution in [1.82, 2.24) is 5.32 Å². The fraction of sp³-hybridized carbons (Fsp3) is 0.167. The smallest absolute Gasteiger partial charge is 0.406 e.